The van der Waals surface area contributed by atoms with Crippen molar-refractivity contribution in [2.75, 3.05) is 13.1 Å². The summed E-state index contributed by atoms with van der Waals surface area (Å²) in [5, 5.41) is 5.83. The molecule has 1 heterocycles. The van der Waals surface area contributed by atoms with Gasteiger partial charge in [0.05, 0.1) is 11.1 Å². The van der Waals surface area contributed by atoms with E-state index in [1.165, 1.54) is 23.1 Å². The van der Waals surface area contributed by atoms with Gasteiger partial charge < -0.3 is 10.6 Å². The number of halogens is 1. The quantitative estimate of drug-likeness (QED) is 0.561. The van der Waals surface area contributed by atoms with Gasteiger partial charge in [-0.3, -0.25) is 24.1 Å². The molecule has 7 nitrogen and oxygen atoms in total. The van der Waals surface area contributed by atoms with Gasteiger partial charge in [0.2, 0.25) is 0 Å². The Balaban J connectivity index is 1.57. The number of hydrogen-bond donors (Lipinski definition) is 2. The second-order valence-electron chi connectivity index (χ2n) is 6.86. The summed E-state index contributed by atoms with van der Waals surface area (Å²) >= 11 is 5.86. The van der Waals surface area contributed by atoms with Crippen LogP contribution >= 0.6 is 11.6 Å². The fraction of sp³-hybridized carbons (Fsp3) is 0.238. The number of benzene rings is 2. The number of carbonyl (C=O) groups is 4. The first-order valence-corrected chi connectivity index (χ1v) is 9.51. The predicted octanol–water partition coefficient (Wildman–Crippen LogP) is 2.50. The van der Waals surface area contributed by atoms with Gasteiger partial charge in [0.15, 0.2) is 0 Å². The molecule has 0 aliphatic carbocycles. The van der Waals surface area contributed by atoms with Crippen molar-refractivity contribution in [3.05, 3.63) is 69.7 Å². The maximum absolute atomic E-state index is 12.4. The number of carbonyl (C=O) groups excluding carboxylic acids is 4. The van der Waals surface area contributed by atoms with Crippen LogP contribution in [0.25, 0.3) is 0 Å². The molecule has 150 valence electrons. The zero-order valence-corrected chi connectivity index (χ0v) is 16.7. The van der Waals surface area contributed by atoms with E-state index in [0.717, 1.165) is 0 Å². The minimum atomic E-state index is -0.400. The summed E-state index contributed by atoms with van der Waals surface area (Å²) in [7, 11) is 0. The number of fused-ring (bicyclic) bond motifs is 1. The zero-order chi connectivity index (χ0) is 21.1. The maximum Gasteiger partial charge on any atom is 0.261 e. The average Bonchev–Trinajstić information content (AvgIpc) is 2.95. The topological polar surface area (TPSA) is 95.6 Å². The Morgan fingerprint density at radius 3 is 2.07 bits per heavy atom. The van der Waals surface area contributed by atoms with Crippen LogP contribution in [0.3, 0.4) is 0 Å². The highest BCUT2D eigenvalue weighted by atomic mass is 35.5. The lowest BCUT2D eigenvalue weighted by molar-refractivity contribution is 0.0608. The van der Waals surface area contributed by atoms with Crippen LogP contribution in [-0.2, 0) is 0 Å². The van der Waals surface area contributed by atoms with Gasteiger partial charge in [-0.05, 0) is 50.2 Å². The van der Waals surface area contributed by atoms with E-state index < -0.39 is 11.8 Å². The Bertz CT molecular complexity index is 1000. The summed E-state index contributed by atoms with van der Waals surface area (Å²) in [6, 6.07) is 10.7. The van der Waals surface area contributed by atoms with E-state index in [1.54, 1.807) is 38.1 Å². The highest BCUT2D eigenvalue weighted by Gasteiger charge is 2.37. The Hall–Kier alpha value is -3.19. The summed E-state index contributed by atoms with van der Waals surface area (Å²) in [5.74, 6) is -1.44. The standard InChI is InChI=1S/C21H20ClN3O4/c1-12(2)25-20(28)16-7-6-14(11-17(16)21(25)29)19(27)24-9-8-23-18(26)13-4-3-5-15(22)10-13/h3-7,10-12H,8-9H2,1-2H3,(H,23,26)(H,24,27). The first-order valence-electron chi connectivity index (χ1n) is 9.13. The number of amides is 4. The van der Waals surface area contributed by atoms with Crippen molar-refractivity contribution in [3.8, 4) is 0 Å². The second-order valence-corrected chi connectivity index (χ2v) is 7.29. The van der Waals surface area contributed by atoms with Gasteiger partial charge in [0.25, 0.3) is 23.6 Å². The molecule has 0 unspecified atom stereocenters. The van der Waals surface area contributed by atoms with Gasteiger partial charge in [-0.2, -0.15) is 0 Å². The molecule has 0 bridgehead atoms. The number of nitrogens with zero attached hydrogens (tertiary/aromatic N) is 1. The monoisotopic (exact) mass is 413 g/mol. The van der Waals surface area contributed by atoms with E-state index in [2.05, 4.69) is 10.6 Å². The van der Waals surface area contributed by atoms with E-state index >= 15 is 0 Å². The van der Waals surface area contributed by atoms with E-state index in [1.807, 2.05) is 0 Å². The second kappa shape index (κ2) is 8.45. The van der Waals surface area contributed by atoms with Crippen LogP contribution in [0, 0.1) is 0 Å². The molecule has 0 aromatic heterocycles. The molecule has 0 atom stereocenters. The summed E-state index contributed by atoms with van der Waals surface area (Å²) in [4.78, 5) is 50.3. The van der Waals surface area contributed by atoms with Gasteiger partial charge in [-0.1, -0.05) is 17.7 Å². The fourth-order valence-corrected chi connectivity index (χ4v) is 3.25. The van der Waals surface area contributed by atoms with E-state index in [9.17, 15) is 19.2 Å². The van der Waals surface area contributed by atoms with Crippen LogP contribution in [0.5, 0.6) is 0 Å². The minimum Gasteiger partial charge on any atom is -0.350 e. The van der Waals surface area contributed by atoms with Crippen molar-refractivity contribution in [2.24, 2.45) is 0 Å². The molecule has 4 amide bonds. The Morgan fingerprint density at radius 1 is 0.897 bits per heavy atom. The Kier molecular flexibility index (Phi) is 5.98. The molecule has 0 saturated carbocycles. The van der Waals surface area contributed by atoms with Crippen LogP contribution in [-0.4, -0.2) is 47.7 Å². The highest BCUT2D eigenvalue weighted by Crippen LogP contribution is 2.25. The SMILES string of the molecule is CC(C)N1C(=O)c2ccc(C(=O)NCCNC(=O)c3cccc(Cl)c3)cc2C1=O. The molecule has 0 saturated heterocycles. The maximum atomic E-state index is 12.4. The summed E-state index contributed by atoms with van der Waals surface area (Å²) in [5.41, 5.74) is 1.23. The Morgan fingerprint density at radius 2 is 1.48 bits per heavy atom. The molecule has 0 radical (unpaired) electrons. The number of nitrogens with one attached hydrogen (secondary N) is 2. The zero-order valence-electron chi connectivity index (χ0n) is 16.0. The molecule has 2 aromatic rings. The number of hydrogen-bond acceptors (Lipinski definition) is 4. The van der Waals surface area contributed by atoms with Crippen molar-refractivity contribution < 1.29 is 19.2 Å². The predicted molar refractivity (Wildman–Crippen MR) is 108 cm³/mol. The lowest BCUT2D eigenvalue weighted by atomic mass is 10.1. The molecule has 0 spiro atoms. The normalized spacial score (nSPS) is 12.9. The van der Waals surface area contributed by atoms with Gasteiger partial charge in [-0.15, -0.1) is 0 Å². The van der Waals surface area contributed by atoms with E-state index in [4.69, 9.17) is 11.6 Å². The van der Waals surface area contributed by atoms with Crippen LogP contribution in [0.2, 0.25) is 5.02 Å². The van der Waals surface area contributed by atoms with Crippen LogP contribution < -0.4 is 10.6 Å². The third-order valence-electron chi connectivity index (χ3n) is 4.48. The van der Waals surface area contributed by atoms with Crippen LogP contribution in [0.15, 0.2) is 42.5 Å². The largest absolute Gasteiger partial charge is 0.350 e. The van der Waals surface area contributed by atoms with Crippen molar-refractivity contribution in [1.29, 1.82) is 0 Å². The summed E-state index contributed by atoms with van der Waals surface area (Å²) in [6.07, 6.45) is 0. The summed E-state index contributed by atoms with van der Waals surface area (Å²) < 4.78 is 0. The smallest absolute Gasteiger partial charge is 0.261 e. The molecular weight excluding hydrogens is 394 g/mol. The van der Waals surface area contributed by atoms with Crippen molar-refractivity contribution in [3.63, 3.8) is 0 Å². The summed E-state index contributed by atoms with van der Waals surface area (Å²) in [6.45, 7) is 3.94. The van der Waals surface area contributed by atoms with Crippen LogP contribution in [0.4, 0.5) is 0 Å². The van der Waals surface area contributed by atoms with Crippen molar-refractivity contribution >= 4 is 35.2 Å². The Labute approximate surface area is 173 Å². The van der Waals surface area contributed by atoms with E-state index in [-0.39, 0.29) is 42.1 Å². The molecule has 8 heteroatoms. The lowest BCUT2D eigenvalue weighted by Gasteiger charge is -2.17. The molecule has 1 aliphatic heterocycles. The third kappa shape index (κ3) is 4.30. The first-order chi connectivity index (χ1) is 13.8. The number of rotatable bonds is 6. The molecule has 1 aliphatic rings. The van der Waals surface area contributed by atoms with Crippen LogP contribution in [0.1, 0.15) is 55.3 Å². The highest BCUT2D eigenvalue weighted by molar-refractivity contribution is 6.31. The molecule has 3 rings (SSSR count). The molecule has 2 aromatic carbocycles. The minimum absolute atomic E-state index is 0.202. The third-order valence-corrected chi connectivity index (χ3v) is 4.71. The molecule has 29 heavy (non-hydrogen) atoms. The molecule has 2 N–H and O–H groups in total. The van der Waals surface area contributed by atoms with Gasteiger partial charge in [0.1, 0.15) is 0 Å². The van der Waals surface area contributed by atoms with Crippen molar-refractivity contribution in [2.45, 2.75) is 19.9 Å². The van der Waals surface area contributed by atoms with Gasteiger partial charge in [0, 0.05) is 35.3 Å². The lowest BCUT2D eigenvalue weighted by Crippen LogP contribution is -2.36. The van der Waals surface area contributed by atoms with Gasteiger partial charge >= 0.3 is 0 Å². The van der Waals surface area contributed by atoms with Gasteiger partial charge in [-0.25, -0.2) is 0 Å². The molecular formula is C21H20ClN3O4. The average molecular weight is 414 g/mol. The van der Waals surface area contributed by atoms with E-state index in [0.29, 0.717) is 16.1 Å². The number of imide groups is 1. The van der Waals surface area contributed by atoms with Crippen molar-refractivity contribution in [1.82, 2.24) is 15.5 Å². The molecule has 0 fully saturated rings. The fourth-order valence-electron chi connectivity index (χ4n) is 3.06. The first kappa shape index (κ1) is 20.5.